The fraction of sp³-hybridized carbons (Fsp3) is 0.769. The van der Waals surface area contributed by atoms with E-state index in [2.05, 4.69) is 19.9 Å². The number of carboxylic acids is 1. The third-order valence-electron chi connectivity index (χ3n) is 4.10. The van der Waals surface area contributed by atoms with Crippen LogP contribution in [-0.4, -0.2) is 11.1 Å². The van der Waals surface area contributed by atoms with Crippen molar-refractivity contribution < 1.29 is 9.90 Å². The molecule has 0 aromatic carbocycles. The van der Waals surface area contributed by atoms with E-state index < -0.39 is 5.97 Å². The third kappa shape index (κ3) is 1.70. The van der Waals surface area contributed by atoms with Gasteiger partial charge in [0, 0.05) is 0 Å². The Labute approximate surface area is 91.4 Å². The van der Waals surface area contributed by atoms with Crippen LogP contribution in [0.15, 0.2) is 11.6 Å². The summed E-state index contributed by atoms with van der Waals surface area (Å²) >= 11 is 0. The van der Waals surface area contributed by atoms with Gasteiger partial charge >= 0.3 is 5.97 Å². The lowest BCUT2D eigenvalue weighted by atomic mass is 9.83. The summed E-state index contributed by atoms with van der Waals surface area (Å²) in [6.45, 7) is 4.13. The summed E-state index contributed by atoms with van der Waals surface area (Å²) in [6, 6.07) is 0. The summed E-state index contributed by atoms with van der Waals surface area (Å²) in [5.74, 6) is -0.354. The molecule has 15 heavy (non-hydrogen) atoms. The maximum atomic E-state index is 11.2. The molecule has 2 nitrogen and oxygen atoms in total. The molecule has 2 rings (SSSR count). The largest absolute Gasteiger partial charge is 0.481 e. The quantitative estimate of drug-likeness (QED) is 0.707. The Bertz CT molecular complexity index is 294. The van der Waals surface area contributed by atoms with Crippen LogP contribution in [0.4, 0.5) is 0 Å². The van der Waals surface area contributed by atoms with Crippen molar-refractivity contribution in [3.63, 3.8) is 0 Å². The van der Waals surface area contributed by atoms with E-state index in [0.29, 0.717) is 5.92 Å². The van der Waals surface area contributed by atoms with Crippen molar-refractivity contribution in [1.29, 1.82) is 0 Å². The Morgan fingerprint density at radius 2 is 1.87 bits per heavy atom. The van der Waals surface area contributed by atoms with Crippen molar-refractivity contribution in [3.8, 4) is 0 Å². The molecule has 0 heterocycles. The van der Waals surface area contributed by atoms with Crippen LogP contribution < -0.4 is 0 Å². The van der Waals surface area contributed by atoms with E-state index in [4.69, 9.17) is 0 Å². The molecule has 2 saturated carbocycles. The molecular weight excluding hydrogens is 188 g/mol. The lowest BCUT2D eigenvalue weighted by molar-refractivity contribution is -0.139. The first-order chi connectivity index (χ1) is 7.08. The van der Waals surface area contributed by atoms with E-state index in [1.807, 2.05) is 0 Å². The normalized spacial score (nSPS) is 32.4. The molecule has 2 aliphatic rings. The fourth-order valence-corrected chi connectivity index (χ4v) is 3.40. The third-order valence-corrected chi connectivity index (χ3v) is 4.10. The minimum Gasteiger partial charge on any atom is -0.481 e. The van der Waals surface area contributed by atoms with Gasteiger partial charge in [-0.2, -0.15) is 0 Å². The second-order valence-electron chi connectivity index (χ2n) is 5.38. The Balaban J connectivity index is 2.17. The number of carbonyl (C=O) groups is 1. The summed E-state index contributed by atoms with van der Waals surface area (Å²) in [4.78, 5) is 11.2. The molecule has 2 heteroatoms. The highest BCUT2D eigenvalue weighted by atomic mass is 16.4. The summed E-state index contributed by atoms with van der Waals surface area (Å²) in [5.41, 5.74) is 1.40. The maximum absolute atomic E-state index is 11.2. The topological polar surface area (TPSA) is 37.3 Å². The van der Waals surface area contributed by atoms with Crippen molar-refractivity contribution in [2.45, 2.75) is 46.0 Å². The molecule has 0 amide bonds. The molecule has 0 bridgehead atoms. The highest BCUT2D eigenvalue weighted by molar-refractivity contribution is 5.76. The second kappa shape index (κ2) is 3.66. The van der Waals surface area contributed by atoms with E-state index in [0.717, 1.165) is 12.8 Å². The van der Waals surface area contributed by atoms with E-state index in [9.17, 15) is 9.90 Å². The van der Waals surface area contributed by atoms with Crippen molar-refractivity contribution in [2.24, 2.45) is 17.3 Å². The second-order valence-corrected chi connectivity index (χ2v) is 5.38. The summed E-state index contributed by atoms with van der Waals surface area (Å²) < 4.78 is 0. The van der Waals surface area contributed by atoms with E-state index in [1.54, 1.807) is 0 Å². The number of hydrogen-bond acceptors (Lipinski definition) is 1. The van der Waals surface area contributed by atoms with Gasteiger partial charge in [0.25, 0.3) is 0 Å². The van der Waals surface area contributed by atoms with Crippen LogP contribution in [0.3, 0.4) is 0 Å². The van der Waals surface area contributed by atoms with Crippen LogP contribution >= 0.6 is 0 Å². The van der Waals surface area contributed by atoms with Crippen LogP contribution in [0, 0.1) is 17.3 Å². The first-order valence-electron chi connectivity index (χ1n) is 5.96. The summed E-state index contributed by atoms with van der Waals surface area (Å²) in [6.07, 6.45) is 8.16. The van der Waals surface area contributed by atoms with Crippen LogP contribution in [0.2, 0.25) is 0 Å². The summed E-state index contributed by atoms with van der Waals surface area (Å²) in [7, 11) is 0. The molecule has 2 fully saturated rings. The van der Waals surface area contributed by atoms with Gasteiger partial charge in [0.2, 0.25) is 0 Å². The molecule has 0 aromatic heterocycles. The molecule has 0 saturated heterocycles. The Hall–Kier alpha value is -0.790. The van der Waals surface area contributed by atoms with Gasteiger partial charge in [-0.1, -0.05) is 30.9 Å². The molecule has 2 atom stereocenters. The lowest BCUT2D eigenvalue weighted by Gasteiger charge is -2.22. The minimum absolute atomic E-state index is 0.0901. The van der Waals surface area contributed by atoms with E-state index >= 15 is 0 Å². The van der Waals surface area contributed by atoms with Crippen molar-refractivity contribution in [1.82, 2.24) is 0 Å². The Morgan fingerprint density at radius 1 is 1.27 bits per heavy atom. The standard InChI is InChI=1S/C13H20O2/c1-9(2)8-10-11(12(14)15)13(10)6-4-3-5-7-13/h8,10-11H,3-7H2,1-2H3,(H,14,15). The van der Waals surface area contributed by atoms with Gasteiger partial charge in [-0.3, -0.25) is 4.79 Å². The molecule has 1 spiro atoms. The predicted octanol–water partition coefficient (Wildman–Crippen LogP) is 3.23. The van der Waals surface area contributed by atoms with Crippen LogP contribution in [0.5, 0.6) is 0 Å². The predicted molar refractivity (Wildman–Crippen MR) is 59.6 cm³/mol. The molecule has 84 valence electrons. The first-order valence-corrected chi connectivity index (χ1v) is 5.96. The maximum Gasteiger partial charge on any atom is 0.307 e. The highest BCUT2D eigenvalue weighted by Crippen LogP contribution is 2.67. The van der Waals surface area contributed by atoms with Gasteiger partial charge in [-0.25, -0.2) is 0 Å². The van der Waals surface area contributed by atoms with Gasteiger partial charge in [0.1, 0.15) is 0 Å². The van der Waals surface area contributed by atoms with Crippen LogP contribution in [0.1, 0.15) is 46.0 Å². The van der Waals surface area contributed by atoms with Crippen LogP contribution in [-0.2, 0) is 4.79 Å². The molecule has 2 unspecified atom stereocenters. The number of aliphatic carboxylic acids is 1. The zero-order chi connectivity index (χ0) is 11.1. The van der Waals surface area contributed by atoms with Gasteiger partial charge in [-0.05, 0) is 38.0 Å². The molecule has 2 aliphatic carbocycles. The molecule has 0 aliphatic heterocycles. The first kappa shape index (κ1) is 10.7. The monoisotopic (exact) mass is 208 g/mol. The van der Waals surface area contributed by atoms with Gasteiger partial charge < -0.3 is 5.11 Å². The van der Waals surface area contributed by atoms with Crippen molar-refractivity contribution in [3.05, 3.63) is 11.6 Å². The zero-order valence-electron chi connectivity index (χ0n) is 9.62. The fourth-order valence-electron chi connectivity index (χ4n) is 3.40. The SMILES string of the molecule is CC(C)=CC1C(C(=O)O)C12CCCCC2. The summed E-state index contributed by atoms with van der Waals surface area (Å²) in [5, 5.41) is 9.22. The van der Waals surface area contributed by atoms with Crippen molar-refractivity contribution >= 4 is 5.97 Å². The smallest absolute Gasteiger partial charge is 0.307 e. The van der Waals surface area contributed by atoms with Crippen molar-refractivity contribution in [2.75, 3.05) is 0 Å². The van der Waals surface area contributed by atoms with Crippen LogP contribution in [0.25, 0.3) is 0 Å². The Kier molecular flexibility index (Phi) is 2.61. The average Bonchev–Trinajstić information content (AvgIpc) is 2.72. The number of hydrogen-bond donors (Lipinski definition) is 1. The van der Waals surface area contributed by atoms with Gasteiger partial charge in [-0.15, -0.1) is 0 Å². The molecule has 0 aromatic rings. The number of allylic oxidation sites excluding steroid dienone is 2. The number of carboxylic acid groups (broad SMARTS) is 1. The Morgan fingerprint density at radius 3 is 2.33 bits per heavy atom. The highest BCUT2D eigenvalue weighted by Gasteiger charge is 2.66. The van der Waals surface area contributed by atoms with E-state index in [-0.39, 0.29) is 11.3 Å². The molecule has 1 N–H and O–H groups in total. The molecular formula is C13H20O2. The zero-order valence-corrected chi connectivity index (χ0v) is 9.62. The van der Waals surface area contributed by atoms with Gasteiger partial charge in [0.05, 0.1) is 5.92 Å². The van der Waals surface area contributed by atoms with E-state index in [1.165, 1.54) is 24.8 Å². The minimum atomic E-state index is -0.584. The average molecular weight is 208 g/mol. The lowest BCUT2D eigenvalue weighted by Crippen LogP contribution is -2.14. The number of rotatable bonds is 2. The molecule has 0 radical (unpaired) electrons. The van der Waals surface area contributed by atoms with Gasteiger partial charge in [0.15, 0.2) is 0 Å².